The lowest BCUT2D eigenvalue weighted by Gasteiger charge is -2.26. The van der Waals surface area contributed by atoms with Crippen LogP contribution in [0.25, 0.3) is 0 Å². The van der Waals surface area contributed by atoms with Gasteiger partial charge >= 0.3 is 7.12 Å². The molecule has 1 unspecified atom stereocenters. The maximum Gasteiger partial charge on any atom is 0.488 e. The van der Waals surface area contributed by atoms with E-state index in [4.69, 9.17) is 14.8 Å². The van der Waals surface area contributed by atoms with E-state index in [9.17, 15) is 0 Å². The van der Waals surface area contributed by atoms with E-state index in [0.717, 1.165) is 19.5 Å². The average molecular weight is 265 g/mol. The molecule has 0 heterocycles. The van der Waals surface area contributed by atoms with Gasteiger partial charge in [-0.15, -0.1) is 0 Å². The van der Waals surface area contributed by atoms with Crippen molar-refractivity contribution in [2.75, 3.05) is 19.7 Å². The predicted molar refractivity (Wildman–Crippen MR) is 78.8 cm³/mol. The molecule has 106 valence electrons. The Morgan fingerprint density at radius 2 is 2.05 bits per heavy atom. The summed E-state index contributed by atoms with van der Waals surface area (Å²) >= 11 is 0. The number of rotatable bonds is 8. The van der Waals surface area contributed by atoms with Crippen molar-refractivity contribution in [1.29, 1.82) is 0 Å². The van der Waals surface area contributed by atoms with Crippen LogP contribution in [0.1, 0.15) is 27.2 Å². The first kappa shape index (κ1) is 16.0. The summed E-state index contributed by atoms with van der Waals surface area (Å²) in [5.74, 6) is 0.672. The zero-order chi connectivity index (χ0) is 14.3. The molecule has 0 fully saturated rings. The Bertz CT molecular complexity index is 373. The SMILES string of the molecule is CCC(C)N(CC)CCOc1cccc(B(O)O)c1. The number of hydrogen-bond acceptors (Lipinski definition) is 4. The van der Waals surface area contributed by atoms with E-state index in [1.54, 1.807) is 18.2 Å². The number of ether oxygens (including phenoxy) is 1. The van der Waals surface area contributed by atoms with Gasteiger partial charge in [-0.1, -0.05) is 26.0 Å². The molecule has 0 spiro atoms. The van der Waals surface area contributed by atoms with Crippen molar-refractivity contribution in [1.82, 2.24) is 4.90 Å². The highest BCUT2D eigenvalue weighted by molar-refractivity contribution is 6.58. The minimum Gasteiger partial charge on any atom is -0.492 e. The molecule has 0 aromatic heterocycles. The molecule has 19 heavy (non-hydrogen) atoms. The maximum absolute atomic E-state index is 9.10. The van der Waals surface area contributed by atoms with Crippen LogP contribution in [0.15, 0.2) is 24.3 Å². The summed E-state index contributed by atoms with van der Waals surface area (Å²) in [6.45, 7) is 9.02. The van der Waals surface area contributed by atoms with Crippen LogP contribution in [-0.2, 0) is 0 Å². The predicted octanol–water partition coefficient (Wildman–Crippen LogP) is 0.866. The van der Waals surface area contributed by atoms with Gasteiger partial charge in [-0.3, -0.25) is 4.90 Å². The Morgan fingerprint density at radius 3 is 2.63 bits per heavy atom. The normalized spacial score (nSPS) is 12.5. The molecule has 1 aromatic carbocycles. The van der Waals surface area contributed by atoms with Gasteiger partial charge in [0.25, 0.3) is 0 Å². The smallest absolute Gasteiger partial charge is 0.488 e. The molecule has 0 aliphatic heterocycles. The second-order valence-corrected chi connectivity index (χ2v) is 4.68. The second-order valence-electron chi connectivity index (χ2n) is 4.68. The summed E-state index contributed by atoms with van der Waals surface area (Å²) in [5.41, 5.74) is 0.451. The second kappa shape index (κ2) is 8.20. The number of nitrogens with zero attached hydrogens (tertiary/aromatic N) is 1. The summed E-state index contributed by atoms with van der Waals surface area (Å²) in [4.78, 5) is 2.37. The number of benzene rings is 1. The Morgan fingerprint density at radius 1 is 1.32 bits per heavy atom. The maximum atomic E-state index is 9.10. The Kier molecular flexibility index (Phi) is 6.91. The lowest BCUT2D eigenvalue weighted by Crippen LogP contribution is -2.36. The fourth-order valence-corrected chi connectivity index (χ4v) is 1.99. The van der Waals surface area contributed by atoms with Crippen LogP contribution in [0.4, 0.5) is 0 Å². The van der Waals surface area contributed by atoms with Crippen molar-refractivity contribution >= 4 is 12.6 Å². The van der Waals surface area contributed by atoms with Crippen molar-refractivity contribution in [3.05, 3.63) is 24.3 Å². The van der Waals surface area contributed by atoms with Gasteiger partial charge in [0, 0.05) is 12.6 Å². The van der Waals surface area contributed by atoms with Crippen LogP contribution in [0.2, 0.25) is 0 Å². The first-order valence-electron chi connectivity index (χ1n) is 6.91. The minimum absolute atomic E-state index is 0.451. The molecule has 0 aliphatic rings. The van der Waals surface area contributed by atoms with Gasteiger partial charge in [-0.25, -0.2) is 0 Å². The van der Waals surface area contributed by atoms with E-state index >= 15 is 0 Å². The van der Waals surface area contributed by atoms with Gasteiger partial charge in [-0.05, 0) is 37.5 Å². The highest BCUT2D eigenvalue weighted by Gasteiger charge is 2.12. The van der Waals surface area contributed by atoms with Gasteiger partial charge in [0.05, 0.1) is 0 Å². The lowest BCUT2D eigenvalue weighted by molar-refractivity contribution is 0.171. The summed E-state index contributed by atoms with van der Waals surface area (Å²) < 4.78 is 5.66. The Hall–Kier alpha value is -1.04. The van der Waals surface area contributed by atoms with Crippen LogP contribution in [-0.4, -0.2) is 47.8 Å². The largest absolute Gasteiger partial charge is 0.492 e. The quantitative estimate of drug-likeness (QED) is 0.685. The third kappa shape index (κ3) is 5.23. The highest BCUT2D eigenvalue weighted by atomic mass is 16.5. The molecule has 5 heteroatoms. The van der Waals surface area contributed by atoms with Crippen molar-refractivity contribution < 1.29 is 14.8 Å². The van der Waals surface area contributed by atoms with Gasteiger partial charge in [-0.2, -0.15) is 0 Å². The number of likely N-dealkylation sites (N-methyl/N-ethyl adjacent to an activating group) is 1. The van der Waals surface area contributed by atoms with Crippen molar-refractivity contribution in [2.45, 2.75) is 33.2 Å². The Balaban J connectivity index is 2.46. The zero-order valence-corrected chi connectivity index (χ0v) is 12.0. The van der Waals surface area contributed by atoms with E-state index in [2.05, 4.69) is 25.7 Å². The topological polar surface area (TPSA) is 52.9 Å². The molecular formula is C14H24BNO3. The molecular weight excluding hydrogens is 241 g/mol. The van der Waals surface area contributed by atoms with E-state index < -0.39 is 7.12 Å². The number of hydrogen-bond donors (Lipinski definition) is 2. The molecule has 0 saturated heterocycles. The summed E-state index contributed by atoms with van der Waals surface area (Å²) in [7, 11) is -1.45. The van der Waals surface area contributed by atoms with Crippen LogP contribution in [0.3, 0.4) is 0 Å². The molecule has 0 amide bonds. The standard InChI is InChI=1S/C14H24BNO3/c1-4-12(3)16(5-2)9-10-19-14-8-6-7-13(11-14)15(17)18/h6-8,11-12,17-18H,4-5,9-10H2,1-3H3. The minimum atomic E-state index is -1.45. The highest BCUT2D eigenvalue weighted by Crippen LogP contribution is 2.08. The molecule has 0 bridgehead atoms. The fourth-order valence-electron chi connectivity index (χ4n) is 1.99. The molecule has 2 N–H and O–H groups in total. The first-order valence-corrected chi connectivity index (χ1v) is 6.91. The third-order valence-electron chi connectivity index (χ3n) is 3.42. The molecule has 1 aromatic rings. The zero-order valence-electron chi connectivity index (χ0n) is 12.0. The molecule has 1 rings (SSSR count). The van der Waals surface area contributed by atoms with Crippen LogP contribution in [0.5, 0.6) is 5.75 Å². The van der Waals surface area contributed by atoms with Crippen molar-refractivity contribution in [3.63, 3.8) is 0 Å². The van der Waals surface area contributed by atoms with Crippen molar-refractivity contribution in [3.8, 4) is 5.75 Å². The summed E-state index contributed by atoms with van der Waals surface area (Å²) in [5, 5.41) is 18.2. The van der Waals surface area contributed by atoms with Crippen LogP contribution < -0.4 is 10.2 Å². The van der Waals surface area contributed by atoms with Crippen LogP contribution >= 0.6 is 0 Å². The molecule has 4 nitrogen and oxygen atoms in total. The van der Waals surface area contributed by atoms with Gasteiger partial charge in [0.2, 0.25) is 0 Å². The van der Waals surface area contributed by atoms with E-state index in [-0.39, 0.29) is 0 Å². The first-order chi connectivity index (χ1) is 9.08. The van der Waals surface area contributed by atoms with Crippen molar-refractivity contribution in [2.24, 2.45) is 0 Å². The monoisotopic (exact) mass is 265 g/mol. The molecule has 1 atom stereocenters. The summed E-state index contributed by atoms with van der Waals surface area (Å²) in [6, 6.07) is 7.46. The van der Waals surface area contributed by atoms with Gasteiger partial charge in [0.1, 0.15) is 12.4 Å². The molecule has 0 radical (unpaired) electrons. The van der Waals surface area contributed by atoms with E-state index in [0.29, 0.717) is 23.9 Å². The van der Waals surface area contributed by atoms with Gasteiger partial charge in [0.15, 0.2) is 0 Å². The van der Waals surface area contributed by atoms with E-state index in [1.807, 2.05) is 6.07 Å². The molecule has 0 saturated carbocycles. The lowest BCUT2D eigenvalue weighted by atomic mass is 9.80. The Labute approximate surface area is 116 Å². The van der Waals surface area contributed by atoms with Crippen LogP contribution in [0, 0.1) is 0 Å². The molecule has 0 aliphatic carbocycles. The average Bonchev–Trinajstić information content (AvgIpc) is 2.43. The van der Waals surface area contributed by atoms with E-state index in [1.165, 1.54) is 0 Å². The third-order valence-corrected chi connectivity index (χ3v) is 3.42. The van der Waals surface area contributed by atoms with Gasteiger partial charge < -0.3 is 14.8 Å². The fraction of sp³-hybridized carbons (Fsp3) is 0.571. The summed E-state index contributed by atoms with van der Waals surface area (Å²) in [6.07, 6.45) is 1.13.